The number of carboxylic acid groups (broad SMARTS) is 1. The summed E-state index contributed by atoms with van der Waals surface area (Å²) in [5.41, 5.74) is 0. The molecule has 4 heteroatoms. The first kappa shape index (κ1) is 16.7. The monoisotopic (exact) mass is 128 g/mol. The van der Waals surface area contributed by atoms with Crippen molar-refractivity contribution in [2.75, 3.05) is 0 Å². The molecule has 0 spiro atoms. The largest absolute Gasteiger partial charge is 0.870 e. The van der Waals surface area contributed by atoms with E-state index < -0.39 is 5.97 Å². The van der Waals surface area contributed by atoms with Crippen molar-refractivity contribution in [2.24, 2.45) is 0 Å². The summed E-state index contributed by atoms with van der Waals surface area (Å²) in [6.45, 7) is 0.972. The van der Waals surface area contributed by atoms with Crippen molar-refractivity contribution in [3.63, 3.8) is 0 Å². The van der Waals surface area contributed by atoms with Crippen molar-refractivity contribution >= 4 is 5.97 Å². The van der Waals surface area contributed by atoms with Crippen LogP contribution >= 0.6 is 0 Å². The molecule has 0 fully saturated rings. The van der Waals surface area contributed by atoms with Gasteiger partial charge in [-0.1, -0.05) is 0 Å². The molecule has 3 nitrogen and oxygen atoms in total. The Bertz CT molecular complexity index is 31.8. The quantitative estimate of drug-likeness (QED) is 0.401. The Morgan fingerprint density at radius 1 is 1.67 bits per heavy atom. The minimum Gasteiger partial charge on any atom is -0.870 e. The summed E-state index contributed by atoms with van der Waals surface area (Å²) in [7, 11) is 0. The second-order valence-electron chi connectivity index (χ2n) is 0.492. The van der Waals surface area contributed by atoms with Crippen molar-refractivity contribution in [3.05, 3.63) is 0 Å². The van der Waals surface area contributed by atoms with Gasteiger partial charge in [-0.25, -0.2) is 0 Å². The van der Waals surface area contributed by atoms with Gasteiger partial charge in [-0.2, -0.15) is 0 Å². The minimum absolute atomic E-state index is 0. The summed E-state index contributed by atoms with van der Waals surface area (Å²) in [6.07, 6.45) is 0. The maximum absolute atomic E-state index is 8.89. The van der Waals surface area contributed by atoms with Crippen molar-refractivity contribution in [1.82, 2.24) is 0 Å². The number of carbonyl (C=O) groups is 1. The Morgan fingerprint density at radius 2 is 1.67 bits per heavy atom. The van der Waals surface area contributed by atoms with Crippen LogP contribution in [-0.2, 0) is 22.2 Å². The van der Waals surface area contributed by atoms with Gasteiger partial charge >= 0.3 is 0 Å². The molecule has 0 aromatic rings. The average Bonchev–Trinajstić information content (AvgIpc) is 0.811. The van der Waals surface area contributed by atoms with Gasteiger partial charge in [-0.3, -0.25) is 0 Å². The van der Waals surface area contributed by atoms with E-state index in [4.69, 9.17) is 9.90 Å². The predicted molar refractivity (Wildman–Crippen MR) is 12.6 cm³/mol. The number of aliphatic carboxylic acids is 1. The van der Waals surface area contributed by atoms with Gasteiger partial charge in [0.05, 0.1) is 0 Å². The minimum atomic E-state index is -1.08. The van der Waals surface area contributed by atoms with E-state index in [1.54, 1.807) is 0 Å². The zero-order chi connectivity index (χ0) is 3.58. The van der Waals surface area contributed by atoms with E-state index in [2.05, 4.69) is 0 Å². The predicted octanol–water partition coefficient (Wildman–Crippen LogP) is -1.42. The maximum atomic E-state index is 8.89. The third kappa shape index (κ3) is 24700. The van der Waals surface area contributed by atoms with Crippen molar-refractivity contribution in [3.8, 4) is 0 Å². The van der Waals surface area contributed by atoms with Gasteiger partial charge in [0.25, 0.3) is 0 Å². The Hall–Kier alpha value is -0.0375. The van der Waals surface area contributed by atoms with Gasteiger partial charge in [0.15, 0.2) is 0 Å². The molecule has 0 aromatic carbocycles. The molecule has 0 saturated carbocycles. The van der Waals surface area contributed by atoms with Gasteiger partial charge in [0, 0.05) is 23.3 Å². The average molecular weight is 128 g/mol. The Morgan fingerprint density at radius 3 is 1.67 bits per heavy atom. The van der Waals surface area contributed by atoms with E-state index in [-0.39, 0.29) is 22.8 Å². The molecule has 0 atom stereocenters. The van der Waals surface area contributed by atoms with Gasteiger partial charge in [-0.15, -0.1) is 0 Å². The Balaban J connectivity index is -0.0000000450. The normalized spacial score (nSPS) is 4.17. The molecule has 0 saturated heterocycles. The van der Waals surface area contributed by atoms with Crippen LogP contribution in [0.5, 0.6) is 0 Å². The van der Waals surface area contributed by atoms with Gasteiger partial charge < -0.3 is 15.4 Å². The van der Waals surface area contributed by atoms with Crippen LogP contribution in [0.1, 0.15) is 6.92 Å². The molecule has 0 unspecified atom stereocenters. The Kier molecular flexibility index (Phi) is 24.8. The summed E-state index contributed by atoms with van der Waals surface area (Å²) >= 11 is 0. The molecular weight excluding hydrogens is 124 g/mol. The fourth-order valence-electron chi connectivity index (χ4n) is 0. The number of hydrogen-bond donors (Lipinski definition) is 0. The van der Waals surface area contributed by atoms with Gasteiger partial charge in [-0.05, 0) is 6.92 Å². The van der Waals surface area contributed by atoms with Crippen molar-refractivity contribution in [1.29, 1.82) is 0 Å². The van der Waals surface area contributed by atoms with Crippen molar-refractivity contribution in [2.45, 2.75) is 6.92 Å². The van der Waals surface area contributed by atoms with Crippen LogP contribution in [0.25, 0.3) is 0 Å². The third-order valence-corrected chi connectivity index (χ3v) is 0. The molecule has 0 aromatic heterocycles. The maximum Gasteiger partial charge on any atom is 0.0383 e. The molecule has 0 radical (unpaired) electrons. The fourth-order valence-corrected chi connectivity index (χ4v) is 0. The van der Waals surface area contributed by atoms with Gasteiger partial charge in [0.1, 0.15) is 0 Å². The molecule has 0 aliphatic carbocycles. The SMILES string of the molecule is CC(=O)[O-].[Cr].[OH-]. The van der Waals surface area contributed by atoms with E-state index in [1.807, 2.05) is 0 Å². The number of carboxylic acids is 1. The summed E-state index contributed by atoms with van der Waals surface area (Å²) in [6, 6.07) is 0. The van der Waals surface area contributed by atoms with Crippen LogP contribution in [-0.4, -0.2) is 11.4 Å². The van der Waals surface area contributed by atoms with E-state index in [1.165, 1.54) is 0 Å². The van der Waals surface area contributed by atoms with Gasteiger partial charge in [0.2, 0.25) is 0 Å². The molecule has 0 aliphatic rings. The summed E-state index contributed by atoms with van der Waals surface area (Å²) < 4.78 is 0. The van der Waals surface area contributed by atoms with Crippen LogP contribution in [0.2, 0.25) is 0 Å². The Labute approximate surface area is 46.4 Å². The van der Waals surface area contributed by atoms with Crippen LogP contribution in [0.15, 0.2) is 0 Å². The first-order chi connectivity index (χ1) is 1.73. The molecule has 38 valence electrons. The van der Waals surface area contributed by atoms with Crippen LogP contribution < -0.4 is 5.11 Å². The number of carbonyl (C=O) groups excluding carboxylic acids is 1. The summed E-state index contributed by atoms with van der Waals surface area (Å²) in [5, 5.41) is 8.89. The van der Waals surface area contributed by atoms with E-state index in [0.717, 1.165) is 6.92 Å². The van der Waals surface area contributed by atoms with Crippen LogP contribution in [0.3, 0.4) is 0 Å². The van der Waals surface area contributed by atoms with E-state index in [0.29, 0.717) is 0 Å². The first-order valence-electron chi connectivity index (χ1n) is 0.908. The number of hydrogen-bond acceptors (Lipinski definition) is 3. The smallest absolute Gasteiger partial charge is 0.0383 e. The topological polar surface area (TPSA) is 70.1 Å². The van der Waals surface area contributed by atoms with E-state index in [9.17, 15) is 0 Å². The van der Waals surface area contributed by atoms with Crippen LogP contribution in [0, 0.1) is 0 Å². The number of rotatable bonds is 0. The fraction of sp³-hybridized carbons (Fsp3) is 0.500. The second kappa shape index (κ2) is 8.88. The van der Waals surface area contributed by atoms with Crippen molar-refractivity contribution < 1.29 is 32.7 Å². The summed E-state index contributed by atoms with van der Waals surface area (Å²) in [4.78, 5) is 8.89. The molecule has 1 N–H and O–H groups in total. The molecule has 0 rings (SSSR count). The molecule has 0 amide bonds. The molecule has 6 heavy (non-hydrogen) atoms. The standard InChI is InChI=1S/C2H4O2.Cr.H2O/c1-2(3)4;;/h1H3,(H,3,4);;1H2/p-2. The first-order valence-corrected chi connectivity index (χ1v) is 0.908. The molecule has 0 bridgehead atoms. The van der Waals surface area contributed by atoms with Crippen LogP contribution in [0.4, 0.5) is 0 Å². The van der Waals surface area contributed by atoms with E-state index >= 15 is 0 Å². The third-order valence-electron chi connectivity index (χ3n) is 0. The molecule has 0 aliphatic heterocycles. The second-order valence-corrected chi connectivity index (χ2v) is 0.492. The molecular formula is C2H4CrO3-2. The zero-order valence-electron chi connectivity index (χ0n) is 3.17. The summed E-state index contributed by atoms with van der Waals surface area (Å²) in [5.74, 6) is -1.08. The molecule has 0 heterocycles. The zero-order valence-corrected chi connectivity index (χ0v) is 4.45.